The Balaban J connectivity index is 1.87. The van der Waals surface area contributed by atoms with Crippen LogP contribution < -0.4 is 14.9 Å². The molecule has 3 aromatic rings. The van der Waals surface area contributed by atoms with Gasteiger partial charge < -0.3 is 19.0 Å². The van der Waals surface area contributed by atoms with Crippen molar-refractivity contribution in [1.29, 1.82) is 0 Å². The molecule has 27 heavy (non-hydrogen) atoms. The largest absolute Gasteiger partial charge is 0.506 e. The zero-order chi connectivity index (χ0) is 19.2. The van der Waals surface area contributed by atoms with Crippen LogP contribution in [0.5, 0.6) is 17.2 Å². The zero-order valence-electron chi connectivity index (χ0n) is 15.4. The Morgan fingerprint density at radius 1 is 1.19 bits per heavy atom. The molecule has 1 aliphatic rings. The Kier molecular flexibility index (Phi) is 3.95. The van der Waals surface area contributed by atoms with Crippen molar-refractivity contribution >= 4 is 17.0 Å². The third-order valence-electron chi connectivity index (χ3n) is 4.54. The Bertz CT molecular complexity index is 1100. The fraction of sp³-hybridized carbons (Fsp3) is 0.227. The summed E-state index contributed by atoms with van der Waals surface area (Å²) in [7, 11) is 0. The van der Waals surface area contributed by atoms with Gasteiger partial charge in [0, 0.05) is 6.07 Å². The molecule has 0 aliphatic carbocycles. The van der Waals surface area contributed by atoms with Crippen molar-refractivity contribution in [2.75, 3.05) is 6.61 Å². The van der Waals surface area contributed by atoms with Gasteiger partial charge in [0.25, 0.3) is 0 Å². The molecule has 1 aliphatic heterocycles. The normalized spacial score (nSPS) is 14.6. The monoisotopic (exact) mass is 364 g/mol. The highest BCUT2D eigenvalue weighted by molar-refractivity contribution is 5.93. The summed E-state index contributed by atoms with van der Waals surface area (Å²) in [5.74, 6) is 1.09. The molecule has 0 unspecified atom stereocenters. The van der Waals surface area contributed by atoms with Gasteiger partial charge in [0.05, 0.1) is 17.7 Å². The molecule has 0 amide bonds. The molecule has 0 fully saturated rings. The van der Waals surface area contributed by atoms with Crippen molar-refractivity contribution in [1.82, 2.24) is 0 Å². The van der Waals surface area contributed by atoms with Gasteiger partial charge in [-0.05, 0) is 50.6 Å². The van der Waals surface area contributed by atoms with Crippen molar-refractivity contribution in [2.24, 2.45) is 0 Å². The van der Waals surface area contributed by atoms with Crippen LogP contribution in [0, 0.1) is 0 Å². The molecule has 0 spiro atoms. The number of phenolic OH excluding ortho intramolecular Hbond substituents is 1. The number of hydrogen-bond acceptors (Lipinski definition) is 5. The first-order valence-electron chi connectivity index (χ1n) is 8.82. The minimum absolute atomic E-state index is 0.129. The van der Waals surface area contributed by atoms with Crippen LogP contribution in [0.2, 0.25) is 0 Å². The molecule has 5 nitrogen and oxygen atoms in total. The fourth-order valence-electron chi connectivity index (χ4n) is 3.20. The number of phenols is 1. The lowest BCUT2D eigenvalue weighted by Gasteiger charge is -2.28. The van der Waals surface area contributed by atoms with Gasteiger partial charge in [-0.2, -0.15) is 0 Å². The first-order valence-corrected chi connectivity index (χ1v) is 8.82. The number of benzene rings is 2. The summed E-state index contributed by atoms with van der Waals surface area (Å²) in [4.78, 5) is 13.1. The van der Waals surface area contributed by atoms with E-state index < -0.39 is 5.60 Å². The summed E-state index contributed by atoms with van der Waals surface area (Å²) >= 11 is 0. The molecule has 0 saturated heterocycles. The van der Waals surface area contributed by atoms with E-state index in [0.717, 1.165) is 5.75 Å². The van der Waals surface area contributed by atoms with Crippen LogP contribution >= 0.6 is 0 Å². The van der Waals surface area contributed by atoms with Crippen molar-refractivity contribution in [2.45, 2.75) is 26.4 Å². The second-order valence-corrected chi connectivity index (χ2v) is 6.98. The van der Waals surface area contributed by atoms with Gasteiger partial charge in [0.15, 0.2) is 0 Å². The number of fused-ring (bicyclic) bond motifs is 2. The second kappa shape index (κ2) is 6.20. The van der Waals surface area contributed by atoms with E-state index in [4.69, 9.17) is 13.9 Å². The van der Waals surface area contributed by atoms with Gasteiger partial charge in [-0.3, -0.25) is 4.79 Å². The minimum Gasteiger partial charge on any atom is -0.506 e. The molecule has 0 radical (unpaired) electrons. The van der Waals surface area contributed by atoms with Crippen LogP contribution in [0.3, 0.4) is 0 Å². The van der Waals surface area contributed by atoms with Gasteiger partial charge >= 0.3 is 0 Å². The second-order valence-electron chi connectivity index (χ2n) is 6.98. The predicted octanol–water partition coefficient (Wildman–Crippen LogP) is 4.75. The topological polar surface area (TPSA) is 68.9 Å². The number of hydrogen-bond donors (Lipinski definition) is 1. The van der Waals surface area contributed by atoms with E-state index in [9.17, 15) is 9.90 Å². The van der Waals surface area contributed by atoms with Crippen LogP contribution in [0.1, 0.15) is 26.3 Å². The highest BCUT2D eigenvalue weighted by Gasteiger charge is 2.26. The lowest BCUT2D eigenvalue weighted by atomic mass is 9.98. The molecule has 5 heteroatoms. The fourth-order valence-corrected chi connectivity index (χ4v) is 3.20. The van der Waals surface area contributed by atoms with Crippen molar-refractivity contribution in [3.05, 3.63) is 58.5 Å². The van der Waals surface area contributed by atoms with Gasteiger partial charge in [-0.1, -0.05) is 12.1 Å². The molecule has 2 heterocycles. The quantitative estimate of drug-likeness (QED) is 0.726. The van der Waals surface area contributed by atoms with Crippen LogP contribution in [-0.4, -0.2) is 17.3 Å². The van der Waals surface area contributed by atoms with Crippen LogP contribution in [-0.2, 0) is 0 Å². The number of ether oxygens (including phenoxy) is 2. The first-order chi connectivity index (χ1) is 12.9. The maximum Gasteiger partial charge on any atom is 0.204 e. The third kappa shape index (κ3) is 2.95. The lowest BCUT2D eigenvalue weighted by Crippen LogP contribution is -2.27. The molecule has 138 valence electrons. The van der Waals surface area contributed by atoms with Gasteiger partial charge in [-0.25, -0.2) is 0 Å². The van der Waals surface area contributed by atoms with E-state index >= 15 is 0 Å². The maximum absolute atomic E-state index is 13.1. The lowest BCUT2D eigenvalue weighted by molar-refractivity contribution is 0.158. The van der Waals surface area contributed by atoms with Crippen LogP contribution in [0.15, 0.2) is 51.9 Å². The summed E-state index contributed by atoms with van der Waals surface area (Å²) in [6, 6.07) is 8.84. The van der Waals surface area contributed by atoms with Crippen LogP contribution in [0.25, 0.3) is 28.2 Å². The van der Waals surface area contributed by atoms with E-state index in [1.165, 1.54) is 6.26 Å². The predicted molar refractivity (Wildman–Crippen MR) is 104 cm³/mol. The molecule has 2 aromatic carbocycles. The summed E-state index contributed by atoms with van der Waals surface area (Å²) < 4.78 is 17.0. The Hall–Kier alpha value is -3.21. The van der Waals surface area contributed by atoms with Gasteiger partial charge in [0.1, 0.15) is 40.1 Å². The van der Waals surface area contributed by atoms with E-state index in [0.29, 0.717) is 29.0 Å². The van der Waals surface area contributed by atoms with Gasteiger partial charge in [0.2, 0.25) is 5.43 Å². The standard InChI is InChI=1S/C22H20O5/c1-4-25-14-7-5-13(6-8-14)16-12-26-18-11-17-15(9-10-22(2,3)27-17)20(23)19(18)21(16)24/h5-12,23H,4H2,1-3H3. The molecule has 0 saturated carbocycles. The van der Waals surface area contributed by atoms with E-state index in [-0.39, 0.29) is 22.1 Å². The molecular weight excluding hydrogens is 344 g/mol. The van der Waals surface area contributed by atoms with Crippen molar-refractivity contribution < 1.29 is 19.0 Å². The smallest absolute Gasteiger partial charge is 0.204 e. The highest BCUT2D eigenvalue weighted by Crippen LogP contribution is 2.41. The first kappa shape index (κ1) is 17.2. The molecular formula is C22H20O5. The highest BCUT2D eigenvalue weighted by atomic mass is 16.5. The maximum atomic E-state index is 13.1. The Morgan fingerprint density at radius 2 is 1.93 bits per heavy atom. The summed E-state index contributed by atoms with van der Waals surface area (Å²) in [6.07, 6.45) is 5.03. The van der Waals surface area contributed by atoms with E-state index in [1.54, 1.807) is 36.4 Å². The molecule has 0 atom stereocenters. The summed E-state index contributed by atoms with van der Waals surface area (Å²) in [5, 5.41) is 10.9. The molecule has 1 aromatic heterocycles. The molecule has 4 rings (SSSR count). The molecule has 0 bridgehead atoms. The SMILES string of the molecule is CCOc1ccc(-c2coc3cc4c(c(O)c3c2=O)C=CC(C)(C)O4)cc1. The van der Waals surface area contributed by atoms with E-state index in [2.05, 4.69) is 0 Å². The van der Waals surface area contributed by atoms with Crippen molar-refractivity contribution in [3.8, 4) is 28.4 Å². The third-order valence-corrected chi connectivity index (χ3v) is 4.54. The number of rotatable bonds is 3. The number of aromatic hydroxyl groups is 1. The summed E-state index contributed by atoms with van der Waals surface area (Å²) in [6.45, 7) is 6.31. The summed E-state index contributed by atoms with van der Waals surface area (Å²) in [5.41, 5.74) is 1.06. The average Bonchev–Trinajstić information content (AvgIpc) is 2.62. The van der Waals surface area contributed by atoms with Crippen LogP contribution in [0.4, 0.5) is 0 Å². The van der Waals surface area contributed by atoms with E-state index in [1.807, 2.05) is 26.8 Å². The molecule has 1 N–H and O–H groups in total. The van der Waals surface area contributed by atoms with Gasteiger partial charge in [-0.15, -0.1) is 0 Å². The Morgan fingerprint density at radius 3 is 2.63 bits per heavy atom. The average molecular weight is 364 g/mol. The van der Waals surface area contributed by atoms with Crippen molar-refractivity contribution in [3.63, 3.8) is 0 Å². The minimum atomic E-state index is -0.490. The zero-order valence-corrected chi connectivity index (χ0v) is 15.4. The Labute approximate surface area is 156 Å².